The lowest BCUT2D eigenvalue weighted by atomic mass is 10.1. The maximum absolute atomic E-state index is 13.6. The number of aromatic nitrogens is 4. The minimum absolute atomic E-state index is 0.173. The van der Waals surface area contributed by atoms with Crippen LogP contribution < -0.4 is 10.9 Å². The Morgan fingerprint density at radius 1 is 1.09 bits per heavy atom. The zero-order valence-electron chi connectivity index (χ0n) is 17.6. The summed E-state index contributed by atoms with van der Waals surface area (Å²) in [7, 11) is 1.69. The average molecular weight is 470 g/mol. The van der Waals surface area contributed by atoms with Gasteiger partial charge in [0.2, 0.25) is 0 Å². The van der Waals surface area contributed by atoms with Gasteiger partial charge in [-0.1, -0.05) is 29.8 Å². The van der Waals surface area contributed by atoms with Crippen LogP contribution in [0.2, 0.25) is 5.02 Å². The second kappa shape index (κ2) is 8.95. The minimum Gasteiger partial charge on any atom is -0.345 e. The van der Waals surface area contributed by atoms with Gasteiger partial charge in [-0.2, -0.15) is 14.9 Å². The number of carbonyl (C=O) groups excluding carboxylic acids is 1. The number of nitrogens with one attached hydrogen (secondary N) is 1. The fourth-order valence-electron chi connectivity index (χ4n) is 3.25. The number of amides is 1. The van der Waals surface area contributed by atoms with Crippen molar-refractivity contribution in [2.24, 2.45) is 7.05 Å². The molecule has 10 heteroatoms. The second-order valence-corrected chi connectivity index (χ2v) is 7.84. The zero-order valence-corrected chi connectivity index (χ0v) is 18.3. The molecule has 4 aromatic rings. The van der Waals surface area contributed by atoms with Gasteiger partial charge >= 0.3 is 0 Å². The molecule has 0 bridgehead atoms. The quantitative estimate of drug-likeness (QED) is 0.478. The minimum atomic E-state index is -1.03. The highest BCUT2D eigenvalue weighted by Crippen LogP contribution is 2.21. The molecule has 0 aliphatic rings. The lowest BCUT2D eigenvalue weighted by molar-refractivity contribution is 0.0937. The van der Waals surface area contributed by atoms with Crippen molar-refractivity contribution in [1.82, 2.24) is 24.9 Å². The smallest absolute Gasteiger partial charge is 0.284 e. The summed E-state index contributed by atoms with van der Waals surface area (Å²) in [4.78, 5) is 26.2. The van der Waals surface area contributed by atoms with E-state index in [0.717, 1.165) is 16.8 Å². The lowest BCUT2D eigenvalue weighted by Crippen LogP contribution is -2.35. The molecule has 4 rings (SSSR count). The van der Waals surface area contributed by atoms with Crippen LogP contribution in [0, 0.1) is 11.6 Å². The molecule has 0 saturated carbocycles. The van der Waals surface area contributed by atoms with E-state index in [0.29, 0.717) is 27.5 Å². The number of aryl methyl sites for hydroxylation is 1. The third-order valence-electron chi connectivity index (χ3n) is 5.02. The van der Waals surface area contributed by atoms with Crippen molar-refractivity contribution in [2.75, 3.05) is 0 Å². The van der Waals surface area contributed by atoms with Gasteiger partial charge in [0.15, 0.2) is 11.6 Å². The Balaban J connectivity index is 1.76. The van der Waals surface area contributed by atoms with Crippen LogP contribution in [0.25, 0.3) is 16.9 Å². The van der Waals surface area contributed by atoms with Crippen LogP contribution in [0.1, 0.15) is 28.9 Å². The molecule has 1 amide bonds. The number of halogens is 3. The van der Waals surface area contributed by atoms with Gasteiger partial charge in [-0.05, 0) is 42.8 Å². The van der Waals surface area contributed by atoms with E-state index in [4.69, 9.17) is 11.6 Å². The third kappa shape index (κ3) is 4.68. The fourth-order valence-corrected chi connectivity index (χ4v) is 3.38. The fraction of sp³-hybridized carbons (Fsp3) is 0.130. The van der Waals surface area contributed by atoms with Crippen LogP contribution in [-0.2, 0) is 7.05 Å². The van der Waals surface area contributed by atoms with Gasteiger partial charge in [-0.15, -0.1) is 0 Å². The Labute approximate surface area is 192 Å². The van der Waals surface area contributed by atoms with Gasteiger partial charge in [-0.3, -0.25) is 14.3 Å². The largest absolute Gasteiger partial charge is 0.345 e. The summed E-state index contributed by atoms with van der Waals surface area (Å²) < 4.78 is 29.5. The van der Waals surface area contributed by atoms with Gasteiger partial charge in [0.25, 0.3) is 11.5 Å². The molecule has 2 heterocycles. The summed E-state index contributed by atoms with van der Waals surface area (Å²) >= 11 is 5.97. The molecule has 0 fully saturated rings. The van der Waals surface area contributed by atoms with E-state index in [1.807, 2.05) is 0 Å². The highest BCUT2D eigenvalue weighted by molar-refractivity contribution is 6.30. The van der Waals surface area contributed by atoms with E-state index in [-0.39, 0.29) is 5.56 Å². The number of benzene rings is 2. The predicted octanol–water partition coefficient (Wildman–Crippen LogP) is 4.06. The van der Waals surface area contributed by atoms with E-state index < -0.39 is 29.1 Å². The first kappa shape index (κ1) is 22.3. The van der Waals surface area contributed by atoms with Crippen molar-refractivity contribution in [3.05, 3.63) is 99.1 Å². The van der Waals surface area contributed by atoms with Crippen LogP contribution in [-0.4, -0.2) is 25.5 Å². The zero-order chi connectivity index (χ0) is 23.7. The van der Waals surface area contributed by atoms with Crippen molar-refractivity contribution in [1.29, 1.82) is 0 Å². The summed E-state index contributed by atoms with van der Waals surface area (Å²) in [6.07, 6.45) is 3.04. The molecule has 0 saturated heterocycles. The first-order chi connectivity index (χ1) is 15.7. The summed E-state index contributed by atoms with van der Waals surface area (Å²) in [6, 6.07) is 10.8. The second-order valence-electron chi connectivity index (χ2n) is 7.41. The average Bonchev–Trinajstić information content (AvgIpc) is 3.22. The van der Waals surface area contributed by atoms with Gasteiger partial charge < -0.3 is 5.32 Å². The summed E-state index contributed by atoms with van der Waals surface area (Å²) in [5.74, 6) is -2.70. The van der Waals surface area contributed by atoms with E-state index in [1.54, 1.807) is 44.4 Å². The number of carbonyl (C=O) groups is 1. The Morgan fingerprint density at radius 2 is 1.82 bits per heavy atom. The van der Waals surface area contributed by atoms with E-state index in [2.05, 4.69) is 15.5 Å². The summed E-state index contributed by atoms with van der Waals surface area (Å²) in [5, 5.41) is 11.6. The molecule has 1 atom stereocenters. The molecule has 2 aromatic heterocycles. The van der Waals surface area contributed by atoms with Crippen molar-refractivity contribution < 1.29 is 13.6 Å². The predicted molar refractivity (Wildman–Crippen MR) is 119 cm³/mol. The monoisotopic (exact) mass is 469 g/mol. The summed E-state index contributed by atoms with van der Waals surface area (Å²) in [5.41, 5.74) is 0.896. The molecular weight excluding hydrogens is 452 g/mol. The van der Waals surface area contributed by atoms with E-state index in [1.165, 1.54) is 23.0 Å². The SMILES string of the molecule is CC(NC(=O)c1cc(-c2ccc(Cl)cc2)nn(-c2cnn(C)c2)c1=O)c1ccc(F)c(F)c1. The molecule has 1 unspecified atom stereocenters. The first-order valence-electron chi connectivity index (χ1n) is 9.88. The Kier molecular flexibility index (Phi) is 6.06. The van der Waals surface area contributed by atoms with Crippen LogP contribution in [0.3, 0.4) is 0 Å². The van der Waals surface area contributed by atoms with Crippen molar-refractivity contribution in [3.63, 3.8) is 0 Å². The lowest BCUT2D eigenvalue weighted by Gasteiger charge is -2.15. The number of rotatable bonds is 5. The standard InChI is InChI=1S/C23H18ClF2N5O2/c1-13(15-5-8-19(25)20(26)9-15)28-22(32)18-10-21(14-3-6-16(24)7-4-14)29-31(23(18)33)17-11-27-30(2)12-17/h3-13H,1-2H3,(H,28,32). The number of hydrogen-bond acceptors (Lipinski definition) is 4. The molecular formula is C23H18ClF2N5O2. The van der Waals surface area contributed by atoms with Crippen molar-refractivity contribution >= 4 is 17.5 Å². The molecule has 7 nitrogen and oxygen atoms in total. The highest BCUT2D eigenvalue weighted by Gasteiger charge is 2.20. The maximum Gasteiger partial charge on any atom is 0.284 e. The van der Waals surface area contributed by atoms with Crippen LogP contribution in [0.15, 0.2) is 65.7 Å². The molecule has 0 aliphatic carbocycles. The number of nitrogens with zero attached hydrogens (tertiary/aromatic N) is 4. The van der Waals surface area contributed by atoms with Gasteiger partial charge in [-0.25, -0.2) is 8.78 Å². The van der Waals surface area contributed by atoms with Gasteiger partial charge in [0.1, 0.15) is 11.3 Å². The topological polar surface area (TPSA) is 81.8 Å². The molecule has 33 heavy (non-hydrogen) atoms. The van der Waals surface area contributed by atoms with E-state index >= 15 is 0 Å². The van der Waals surface area contributed by atoms with E-state index in [9.17, 15) is 18.4 Å². The molecule has 168 valence electrons. The molecule has 0 spiro atoms. The molecule has 2 aromatic carbocycles. The summed E-state index contributed by atoms with van der Waals surface area (Å²) in [6.45, 7) is 1.60. The normalized spacial score (nSPS) is 11.9. The first-order valence-corrected chi connectivity index (χ1v) is 10.3. The third-order valence-corrected chi connectivity index (χ3v) is 5.28. The van der Waals surface area contributed by atoms with Crippen LogP contribution >= 0.6 is 11.6 Å². The molecule has 0 aliphatic heterocycles. The Hall–Kier alpha value is -3.85. The highest BCUT2D eigenvalue weighted by atomic mass is 35.5. The number of hydrogen-bond donors (Lipinski definition) is 1. The maximum atomic E-state index is 13.6. The van der Waals surface area contributed by atoms with Crippen molar-refractivity contribution in [3.8, 4) is 16.9 Å². The Morgan fingerprint density at radius 3 is 2.45 bits per heavy atom. The van der Waals surface area contributed by atoms with Gasteiger partial charge in [0, 0.05) is 17.6 Å². The molecule has 1 N–H and O–H groups in total. The molecule has 0 radical (unpaired) electrons. The van der Waals surface area contributed by atoms with Crippen LogP contribution in [0.5, 0.6) is 0 Å². The van der Waals surface area contributed by atoms with Crippen molar-refractivity contribution in [2.45, 2.75) is 13.0 Å². The van der Waals surface area contributed by atoms with Crippen LogP contribution in [0.4, 0.5) is 8.78 Å². The Bertz CT molecular complexity index is 1400. The van der Waals surface area contributed by atoms with Gasteiger partial charge in [0.05, 0.1) is 24.1 Å².